The highest BCUT2D eigenvalue weighted by Gasteiger charge is 2.34. The number of carbonyl (C=O) groups excluding carboxylic acids is 1. The zero-order valence-corrected chi connectivity index (χ0v) is 24.2. The van der Waals surface area contributed by atoms with E-state index in [1.807, 2.05) is 0 Å². The number of anilines is 1. The molecule has 2 fully saturated rings. The molecule has 1 N–H and O–H groups in total. The molecule has 0 unspecified atom stereocenters. The Morgan fingerprint density at radius 1 is 1.12 bits per heavy atom. The first-order valence-corrected chi connectivity index (χ1v) is 15.3. The van der Waals surface area contributed by atoms with Crippen molar-refractivity contribution in [2.75, 3.05) is 18.4 Å². The highest BCUT2D eigenvalue weighted by molar-refractivity contribution is 7.89. The first-order chi connectivity index (χ1) is 19.7. The molecule has 0 spiro atoms. The Morgan fingerprint density at radius 3 is 2.38 bits per heavy atom. The molecular formula is C26H35F5N6O4S. The number of piperidine rings is 1. The number of sulfonamides is 1. The molecule has 42 heavy (non-hydrogen) atoms. The maximum absolute atomic E-state index is 13.0. The average Bonchev–Trinajstić information content (AvgIpc) is 3.54. The SMILES string of the molecule is Cc1c(S(=O)(=O)N2CCC(Nc3ncc([C@@H]4CC[C@H](OC(=O)CC[C@@H](C)CC(F)(F)F)C4)cn3)CC2)cnn1C(F)F. The third-order valence-electron chi connectivity index (χ3n) is 7.84. The van der Waals surface area contributed by atoms with Gasteiger partial charge in [-0.15, -0.1) is 0 Å². The van der Waals surface area contributed by atoms with Crippen LogP contribution in [0.2, 0.25) is 0 Å². The molecule has 0 amide bonds. The summed E-state index contributed by atoms with van der Waals surface area (Å²) in [5, 5.41) is 6.71. The molecule has 234 valence electrons. The summed E-state index contributed by atoms with van der Waals surface area (Å²) < 4.78 is 96.5. The van der Waals surface area contributed by atoms with E-state index in [-0.39, 0.29) is 54.6 Å². The van der Waals surface area contributed by atoms with E-state index in [9.17, 15) is 35.2 Å². The summed E-state index contributed by atoms with van der Waals surface area (Å²) in [7, 11) is -3.96. The van der Waals surface area contributed by atoms with Crippen LogP contribution in [0.5, 0.6) is 0 Å². The van der Waals surface area contributed by atoms with E-state index in [2.05, 4.69) is 20.4 Å². The second kappa shape index (κ2) is 13.2. The topological polar surface area (TPSA) is 119 Å². The van der Waals surface area contributed by atoms with Gasteiger partial charge in [-0.3, -0.25) is 4.79 Å². The third-order valence-corrected chi connectivity index (χ3v) is 9.84. The Kier molecular flexibility index (Phi) is 10.1. The van der Waals surface area contributed by atoms with Crippen molar-refractivity contribution < 1.29 is 39.9 Å². The molecule has 1 saturated heterocycles. The van der Waals surface area contributed by atoms with Crippen LogP contribution in [-0.2, 0) is 19.6 Å². The fourth-order valence-corrected chi connectivity index (χ4v) is 7.12. The van der Waals surface area contributed by atoms with E-state index in [0.29, 0.717) is 36.3 Å². The number of ether oxygens (including phenoxy) is 1. The van der Waals surface area contributed by atoms with Crippen LogP contribution in [0, 0.1) is 12.8 Å². The Hall–Kier alpha value is -2.88. The van der Waals surface area contributed by atoms with Crippen molar-refractivity contribution in [3.63, 3.8) is 0 Å². The van der Waals surface area contributed by atoms with E-state index >= 15 is 0 Å². The summed E-state index contributed by atoms with van der Waals surface area (Å²) >= 11 is 0. The largest absolute Gasteiger partial charge is 0.462 e. The molecular weight excluding hydrogens is 587 g/mol. The minimum atomic E-state index is -4.25. The van der Waals surface area contributed by atoms with Gasteiger partial charge in [0.2, 0.25) is 16.0 Å². The number of esters is 1. The van der Waals surface area contributed by atoms with Crippen LogP contribution in [0.1, 0.15) is 82.0 Å². The van der Waals surface area contributed by atoms with Crippen LogP contribution in [-0.4, -0.2) is 69.9 Å². The van der Waals surface area contributed by atoms with Gasteiger partial charge in [0.1, 0.15) is 11.0 Å². The minimum absolute atomic E-state index is 0.0458. The lowest BCUT2D eigenvalue weighted by Gasteiger charge is -2.31. The number of rotatable bonds is 11. The number of nitrogens with one attached hydrogen (secondary N) is 1. The van der Waals surface area contributed by atoms with E-state index in [0.717, 1.165) is 18.2 Å². The van der Waals surface area contributed by atoms with Crippen LogP contribution >= 0.6 is 0 Å². The number of nitrogens with zero attached hydrogens (tertiary/aromatic N) is 5. The average molecular weight is 623 g/mol. The predicted octanol–water partition coefficient (Wildman–Crippen LogP) is 5.19. The maximum atomic E-state index is 13.0. The van der Waals surface area contributed by atoms with E-state index in [4.69, 9.17) is 4.74 Å². The summed E-state index contributed by atoms with van der Waals surface area (Å²) in [5.74, 6) is -0.646. The molecule has 1 aliphatic carbocycles. The lowest BCUT2D eigenvalue weighted by atomic mass is 10.0. The Bertz CT molecular complexity index is 1310. The molecule has 3 heterocycles. The van der Waals surface area contributed by atoms with Crippen LogP contribution < -0.4 is 5.32 Å². The van der Waals surface area contributed by atoms with Crippen molar-refractivity contribution in [3.8, 4) is 0 Å². The van der Waals surface area contributed by atoms with Gasteiger partial charge in [0.15, 0.2) is 0 Å². The number of carbonyl (C=O) groups is 1. The van der Waals surface area contributed by atoms with Crippen LogP contribution in [0.3, 0.4) is 0 Å². The fraction of sp³-hybridized carbons (Fsp3) is 0.692. The van der Waals surface area contributed by atoms with Gasteiger partial charge >= 0.3 is 18.7 Å². The van der Waals surface area contributed by atoms with Crippen molar-refractivity contribution in [1.82, 2.24) is 24.1 Å². The van der Waals surface area contributed by atoms with Crippen molar-refractivity contribution in [3.05, 3.63) is 29.8 Å². The Labute approximate surface area is 241 Å². The molecule has 16 heteroatoms. The van der Waals surface area contributed by atoms with Gasteiger partial charge in [-0.05, 0) is 62.8 Å². The minimum Gasteiger partial charge on any atom is -0.462 e. The highest BCUT2D eigenvalue weighted by atomic mass is 32.2. The zero-order chi connectivity index (χ0) is 30.7. The van der Waals surface area contributed by atoms with Crippen molar-refractivity contribution in [2.45, 2.75) is 101 Å². The second-order valence-corrected chi connectivity index (χ2v) is 13.0. The van der Waals surface area contributed by atoms with Gasteiger partial charge in [-0.1, -0.05) is 6.92 Å². The van der Waals surface area contributed by atoms with E-state index < -0.39 is 41.1 Å². The predicted molar refractivity (Wildman–Crippen MR) is 141 cm³/mol. The van der Waals surface area contributed by atoms with Gasteiger partial charge in [0.05, 0.1) is 11.9 Å². The van der Waals surface area contributed by atoms with Crippen molar-refractivity contribution >= 4 is 21.9 Å². The van der Waals surface area contributed by atoms with Gasteiger partial charge in [-0.25, -0.2) is 23.1 Å². The first kappa shape index (κ1) is 32.0. The summed E-state index contributed by atoms with van der Waals surface area (Å²) in [6.07, 6.45) is 1.91. The van der Waals surface area contributed by atoms with Gasteiger partial charge in [-0.2, -0.15) is 31.4 Å². The third kappa shape index (κ3) is 8.14. The zero-order valence-electron chi connectivity index (χ0n) is 23.4. The maximum Gasteiger partial charge on any atom is 0.389 e. The normalized spacial score (nSPS) is 21.5. The van der Waals surface area contributed by atoms with Crippen LogP contribution in [0.4, 0.5) is 27.9 Å². The van der Waals surface area contributed by atoms with Crippen molar-refractivity contribution in [2.24, 2.45) is 5.92 Å². The monoisotopic (exact) mass is 622 g/mol. The molecule has 3 atom stereocenters. The summed E-state index contributed by atoms with van der Waals surface area (Å²) in [4.78, 5) is 20.7. The van der Waals surface area contributed by atoms with E-state index in [1.54, 1.807) is 12.4 Å². The molecule has 2 aliphatic rings. The smallest absolute Gasteiger partial charge is 0.389 e. The van der Waals surface area contributed by atoms with Crippen LogP contribution in [0.25, 0.3) is 0 Å². The number of aromatic nitrogens is 4. The van der Waals surface area contributed by atoms with Gasteiger partial charge < -0.3 is 10.1 Å². The summed E-state index contributed by atoms with van der Waals surface area (Å²) in [6.45, 7) is 0.231. The molecule has 4 rings (SSSR count). The second-order valence-electron chi connectivity index (χ2n) is 11.1. The molecule has 0 aromatic carbocycles. The fourth-order valence-electron chi connectivity index (χ4n) is 5.50. The van der Waals surface area contributed by atoms with Crippen molar-refractivity contribution in [1.29, 1.82) is 0 Å². The summed E-state index contributed by atoms with van der Waals surface area (Å²) in [5.41, 5.74) is 0.776. The summed E-state index contributed by atoms with van der Waals surface area (Å²) in [6, 6.07) is -0.0821. The molecule has 1 aliphatic heterocycles. The Balaban J connectivity index is 1.21. The number of alkyl halides is 5. The lowest BCUT2D eigenvalue weighted by molar-refractivity contribution is -0.152. The standard InChI is InChI=1S/C26H35F5N6O4S/c1-16(12-26(29,30)31)3-6-23(38)41-21-5-4-18(11-21)19-13-32-25(33-14-19)35-20-7-9-36(10-8-20)42(39,40)22-15-34-37(17(22)2)24(27)28/h13-16,18,20-21,24H,3-12H2,1-2H3,(H,32,33,35)/t16-,18-,21+/m1/s1. The van der Waals surface area contributed by atoms with Crippen LogP contribution in [0.15, 0.2) is 23.5 Å². The van der Waals surface area contributed by atoms with Gasteiger partial charge in [0, 0.05) is 44.4 Å². The lowest BCUT2D eigenvalue weighted by Crippen LogP contribution is -2.42. The Morgan fingerprint density at radius 2 is 1.79 bits per heavy atom. The first-order valence-electron chi connectivity index (χ1n) is 13.9. The molecule has 0 bridgehead atoms. The van der Waals surface area contributed by atoms with E-state index in [1.165, 1.54) is 18.2 Å². The highest BCUT2D eigenvalue weighted by Crippen LogP contribution is 2.36. The quantitative estimate of drug-likeness (QED) is 0.269. The van der Waals surface area contributed by atoms with Gasteiger partial charge in [0.25, 0.3) is 0 Å². The molecule has 2 aromatic heterocycles. The molecule has 10 nitrogen and oxygen atoms in total. The molecule has 1 saturated carbocycles. The molecule has 2 aromatic rings. The number of hydrogen-bond acceptors (Lipinski definition) is 8. The molecule has 0 radical (unpaired) electrons. The number of hydrogen-bond donors (Lipinski definition) is 1. The number of halogens is 5.